The number of nitrogens with one attached hydrogen (secondary N) is 1. The number of hydrogen-bond donors (Lipinski definition) is 1. The molecule has 0 aromatic carbocycles. The molecule has 0 heterocycles. The Hall–Kier alpha value is -0.250. The molecule has 0 aliphatic heterocycles. The minimum Gasteiger partial charge on any atom is -0.324 e. The Bertz CT molecular complexity index is 73.3. The maximum Gasteiger partial charge on any atom is 0.313 e. The van der Waals surface area contributed by atoms with Crippen molar-refractivity contribution in [3.05, 3.63) is 0 Å². The van der Waals surface area contributed by atoms with Gasteiger partial charge in [-0.1, -0.05) is 12.2 Å². The Morgan fingerprint density at radius 1 is 1.71 bits per heavy atom. The van der Waals surface area contributed by atoms with E-state index in [1.54, 1.807) is 5.32 Å². The summed E-state index contributed by atoms with van der Waals surface area (Å²) in [5, 5.41) is 1.70. The fraction of sp³-hybridized carbons (Fsp3) is 0.667. The Kier molecular flexibility index (Phi) is 2.75. The third-order valence-corrected chi connectivity index (χ3v) is 0.430. The third-order valence-electron chi connectivity index (χ3n) is 0.312. The van der Waals surface area contributed by atoms with Gasteiger partial charge in [0, 0.05) is 0 Å². The molecule has 0 saturated heterocycles. The van der Waals surface area contributed by atoms with Crippen LogP contribution in [-0.4, -0.2) is 11.5 Å². The molecule has 0 fully saturated rings. The van der Waals surface area contributed by atoms with Crippen molar-refractivity contribution >= 4 is 17.2 Å². The Labute approximate surface area is 45.7 Å². The monoisotopic (exact) mass is 125 g/mol. The van der Waals surface area contributed by atoms with E-state index in [9.17, 15) is 8.78 Å². The van der Waals surface area contributed by atoms with E-state index in [0.717, 1.165) is 0 Å². The molecular formula is C3H5F2NS. The Morgan fingerprint density at radius 3 is 2.14 bits per heavy atom. The molecule has 0 unspecified atom stereocenters. The molecule has 0 spiro atoms. The van der Waals surface area contributed by atoms with Gasteiger partial charge in [-0.2, -0.15) is 8.78 Å². The molecule has 0 aromatic rings. The average Bonchev–Trinajstić information content (AvgIpc) is 1.27. The molecule has 0 aliphatic rings. The maximum atomic E-state index is 11.1. The van der Waals surface area contributed by atoms with Crippen LogP contribution in [0.25, 0.3) is 0 Å². The second-order valence-electron chi connectivity index (χ2n) is 1.00. The summed E-state index contributed by atoms with van der Waals surface area (Å²) in [6.45, 7) is -1.11. The fourth-order valence-electron chi connectivity index (χ4n) is 0.154. The van der Waals surface area contributed by atoms with Crippen LogP contribution in [0.3, 0.4) is 0 Å². The highest BCUT2D eigenvalue weighted by Crippen LogP contribution is 1.83. The van der Waals surface area contributed by atoms with Gasteiger partial charge in [-0.25, -0.2) is 0 Å². The van der Waals surface area contributed by atoms with E-state index in [1.165, 1.54) is 6.92 Å². The highest BCUT2D eigenvalue weighted by atomic mass is 32.1. The summed E-state index contributed by atoms with van der Waals surface area (Å²) >= 11 is 4.28. The van der Waals surface area contributed by atoms with Gasteiger partial charge in [-0.15, -0.1) is 0 Å². The zero-order chi connectivity index (χ0) is 5.86. The first kappa shape index (κ1) is 6.75. The molecule has 0 aromatic heterocycles. The molecule has 0 bridgehead atoms. The number of rotatable bonds is 1. The first-order valence-electron chi connectivity index (χ1n) is 1.68. The van der Waals surface area contributed by atoms with Gasteiger partial charge in [0.05, 0.1) is 4.99 Å². The summed E-state index contributed by atoms with van der Waals surface area (Å²) in [7, 11) is 0. The van der Waals surface area contributed by atoms with E-state index in [0.29, 0.717) is 0 Å². The van der Waals surface area contributed by atoms with Crippen molar-refractivity contribution in [1.29, 1.82) is 0 Å². The van der Waals surface area contributed by atoms with E-state index in [1.807, 2.05) is 0 Å². The van der Waals surface area contributed by atoms with Crippen LogP contribution >= 0.6 is 12.2 Å². The number of thiocarbonyl (C=S) groups is 1. The highest BCUT2D eigenvalue weighted by Gasteiger charge is 1.96. The van der Waals surface area contributed by atoms with Crippen LogP contribution in [0.1, 0.15) is 6.92 Å². The number of hydrogen-bond acceptors (Lipinski definition) is 1. The first-order valence-corrected chi connectivity index (χ1v) is 2.09. The van der Waals surface area contributed by atoms with Gasteiger partial charge in [0.2, 0.25) is 0 Å². The second kappa shape index (κ2) is 2.85. The van der Waals surface area contributed by atoms with Crippen molar-refractivity contribution in [3.8, 4) is 0 Å². The van der Waals surface area contributed by atoms with Crippen LogP contribution in [0.5, 0.6) is 0 Å². The van der Waals surface area contributed by atoms with Crippen LogP contribution in [0.15, 0.2) is 0 Å². The van der Waals surface area contributed by atoms with E-state index in [-0.39, 0.29) is 4.99 Å². The van der Waals surface area contributed by atoms with Gasteiger partial charge >= 0.3 is 6.55 Å². The van der Waals surface area contributed by atoms with Gasteiger partial charge in [-0.05, 0) is 6.92 Å². The molecule has 42 valence electrons. The molecular weight excluding hydrogens is 120 g/mol. The zero-order valence-corrected chi connectivity index (χ0v) is 4.56. The molecule has 0 aliphatic carbocycles. The van der Waals surface area contributed by atoms with Crippen LogP contribution in [0.4, 0.5) is 8.78 Å². The lowest BCUT2D eigenvalue weighted by atomic mass is 10.8. The van der Waals surface area contributed by atoms with Crippen molar-refractivity contribution in [3.63, 3.8) is 0 Å². The SMILES string of the molecule is CC(=S)NC(F)F. The fourth-order valence-corrected chi connectivity index (χ4v) is 0.243. The normalized spacial score (nSPS) is 9.14. The van der Waals surface area contributed by atoms with E-state index < -0.39 is 6.55 Å². The highest BCUT2D eigenvalue weighted by molar-refractivity contribution is 7.80. The standard InChI is InChI=1S/C3H5F2NS/c1-2(7)6-3(4)5/h3H,1H3,(H,6,7). The molecule has 1 N–H and O–H groups in total. The van der Waals surface area contributed by atoms with Crippen molar-refractivity contribution in [2.24, 2.45) is 0 Å². The smallest absolute Gasteiger partial charge is 0.313 e. The summed E-state index contributed by atoms with van der Waals surface area (Å²) in [5.74, 6) is 0. The van der Waals surface area contributed by atoms with Gasteiger partial charge in [0.25, 0.3) is 0 Å². The second-order valence-corrected chi connectivity index (χ2v) is 1.61. The molecule has 7 heavy (non-hydrogen) atoms. The lowest BCUT2D eigenvalue weighted by Crippen LogP contribution is -2.23. The van der Waals surface area contributed by atoms with E-state index in [4.69, 9.17) is 0 Å². The van der Waals surface area contributed by atoms with Crippen LogP contribution in [0.2, 0.25) is 0 Å². The minimum absolute atomic E-state index is 0.120. The van der Waals surface area contributed by atoms with Crippen molar-refractivity contribution in [2.75, 3.05) is 0 Å². The predicted octanol–water partition coefficient (Wildman–Crippen LogP) is 1.15. The largest absolute Gasteiger partial charge is 0.324 e. The van der Waals surface area contributed by atoms with Gasteiger partial charge in [-0.3, -0.25) is 0 Å². The van der Waals surface area contributed by atoms with E-state index >= 15 is 0 Å². The maximum absolute atomic E-state index is 11.1. The Balaban J connectivity index is 3.13. The van der Waals surface area contributed by atoms with Crippen LogP contribution in [-0.2, 0) is 0 Å². The lowest BCUT2D eigenvalue weighted by molar-refractivity contribution is 0.133. The molecule has 0 rings (SSSR count). The van der Waals surface area contributed by atoms with Crippen molar-refractivity contribution in [2.45, 2.75) is 13.5 Å². The molecule has 0 atom stereocenters. The summed E-state index contributed by atoms with van der Waals surface area (Å²) in [6.07, 6.45) is 0. The summed E-state index contributed by atoms with van der Waals surface area (Å²) in [6, 6.07) is 0. The first-order chi connectivity index (χ1) is 3.13. The lowest BCUT2D eigenvalue weighted by Gasteiger charge is -1.97. The molecule has 1 nitrogen and oxygen atoms in total. The summed E-state index contributed by atoms with van der Waals surface area (Å²) < 4.78 is 22.2. The zero-order valence-electron chi connectivity index (χ0n) is 3.74. The number of halogens is 2. The summed E-state index contributed by atoms with van der Waals surface area (Å²) in [4.78, 5) is 0.120. The number of alkyl halides is 2. The summed E-state index contributed by atoms with van der Waals surface area (Å²) in [5.41, 5.74) is 0. The predicted molar refractivity (Wildman–Crippen MR) is 27.4 cm³/mol. The van der Waals surface area contributed by atoms with Crippen LogP contribution < -0.4 is 5.32 Å². The van der Waals surface area contributed by atoms with E-state index in [2.05, 4.69) is 12.2 Å². The van der Waals surface area contributed by atoms with Gasteiger partial charge in [0.15, 0.2) is 0 Å². The molecule has 0 saturated carbocycles. The molecule has 0 radical (unpaired) electrons. The van der Waals surface area contributed by atoms with Crippen molar-refractivity contribution < 1.29 is 8.78 Å². The topological polar surface area (TPSA) is 12.0 Å². The van der Waals surface area contributed by atoms with Crippen molar-refractivity contribution in [1.82, 2.24) is 5.32 Å². The van der Waals surface area contributed by atoms with Gasteiger partial charge in [0.1, 0.15) is 0 Å². The quantitative estimate of drug-likeness (QED) is 0.416. The third kappa shape index (κ3) is 5.75. The van der Waals surface area contributed by atoms with Crippen LogP contribution in [0, 0.1) is 0 Å². The molecule has 0 amide bonds. The van der Waals surface area contributed by atoms with Gasteiger partial charge < -0.3 is 5.32 Å². The average molecular weight is 125 g/mol. The Morgan fingerprint density at radius 2 is 2.14 bits per heavy atom. The minimum atomic E-state index is -2.52. The molecule has 4 heteroatoms.